The molecule has 1 N–H and O–H groups in total. The highest BCUT2D eigenvalue weighted by Gasteiger charge is 2.42. The number of thiocarbonyl (C=S) groups is 1. The summed E-state index contributed by atoms with van der Waals surface area (Å²) >= 11 is 5.89. The summed E-state index contributed by atoms with van der Waals surface area (Å²) < 4.78 is 13.4. The fraction of sp³-hybridized carbons (Fsp3) is 0.100. The third-order valence-electron chi connectivity index (χ3n) is 6.52. The van der Waals surface area contributed by atoms with Crippen molar-refractivity contribution in [3.05, 3.63) is 127 Å². The van der Waals surface area contributed by atoms with Gasteiger partial charge < -0.3 is 24.3 Å². The van der Waals surface area contributed by atoms with Crippen LogP contribution in [0.25, 0.3) is 5.69 Å². The molecule has 0 saturated carbocycles. The third kappa shape index (κ3) is 4.57. The number of hydrogen-bond acceptors (Lipinski definition) is 5. The average Bonchev–Trinajstić information content (AvgIpc) is 3.59. The average molecular weight is 520 g/mol. The van der Waals surface area contributed by atoms with Crippen molar-refractivity contribution in [2.24, 2.45) is 0 Å². The number of hydrogen-bond donors (Lipinski definition) is 1. The van der Waals surface area contributed by atoms with Crippen LogP contribution in [0, 0.1) is 0 Å². The van der Waals surface area contributed by atoms with E-state index in [2.05, 4.69) is 30.8 Å². The molecule has 1 aliphatic rings. The molecule has 6 rings (SSSR count). The molecule has 8 heteroatoms. The zero-order valence-corrected chi connectivity index (χ0v) is 21.5. The van der Waals surface area contributed by atoms with Gasteiger partial charge in [0, 0.05) is 30.0 Å². The lowest BCUT2D eigenvalue weighted by atomic mass is 10.0. The van der Waals surface area contributed by atoms with Gasteiger partial charge >= 0.3 is 0 Å². The van der Waals surface area contributed by atoms with Gasteiger partial charge in [0.2, 0.25) is 0 Å². The molecule has 2 aromatic carbocycles. The van der Waals surface area contributed by atoms with E-state index in [9.17, 15) is 0 Å². The maximum absolute atomic E-state index is 6.05. The minimum atomic E-state index is -0.152. The second kappa shape index (κ2) is 10.4. The minimum absolute atomic E-state index is 0.149. The van der Waals surface area contributed by atoms with Gasteiger partial charge in [0.25, 0.3) is 0 Å². The Hall–Kier alpha value is -4.69. The zero-order chi connectivity index (χ0) is 25.9. The summed E-state index contributed by atoms with van der Waals surface area (Å²) in [5.41, 5.74) is 3.92. The lowest BCUT2D eigenvalue weighted by Gasteiger charge is -2.29. The maximum Gasteiger partial charge on any atom is 0.174 e. The van der Waals surface area contributed by atoms with Crippen LogP contribution in [0.15, 0.2) is 116 Å². The van der Waals surface area contributed by atoms with Crippen molar-refractivity contribution < 1.29 is 9.47 Å². The highest BCUT2D eigenvalue weighted by molar-refractivity contribution is 7.80. The predicted octanol–water partition coefficient (Wildman–Crippen LogP) is 6.25. The van der Waals surface area contributed by atoms with E-state index >= 15 is 0 Å². The molecule has 188 valence electrons. The van der Waals surface area contributed by atoms with E-state index in [0.29, 0.717) is 5.11 Å². The molecular weight excluding hydrogens is 494 g/mol. The van der Waals surface area contributed by atoms with Crippen LogP contribution in [-0.2, 0) is 0 Å². The van der Waals surface area contributed by atoms with Gasteiger partial charge in [0.15, 0.2) is 5.11 Å². The smallest absolute Gasteiger partial charge is 0.174 e. The molecule has 0 bridgehead atoms. The summed E-state index contributed by atoms with van der Waals surface area (Å²) in [6.45, 7) is 0. The molecule has 1 saturated heterocycles. The Labute approximate surface area is 226 Å². The summed E-state index contributed by atoms with van der Waals surface area (Å²) in [6, 6.07) is 29.3. The van der Waals surface area contributed by atoms with E-state index in [1.807, 2.05) is 104 Å². The van der Waals surface area contributed by atoms with Crippen LogP contribution in [0.4, 0.5) is 5.69 Å². The fourth-order valence-corrected chi connectivity index (χ4v) is 5.10. The predicted molar refractivity (Wildman–Crippen MR) is 151 cm³/mol. The van der Waals surface area contributed by atoms with Gasteiger partial charge in [-0.3, -0.25) is 9.97 Å². The van der Waals surface area contributed by atoms with Gasteiger partial charge in [-0.2, -0.15) is 0 Å². The molecule has 2 atom stereocenters. The minimum Gasteiger partial charge on any atom is -0.497 e. The molecule has 0 spiro atoms. The molecule has 1 aliphatic heterocycles. The highest BCUT2D eigenvalue weighted by atomic mass is 32.1. The molecule has 7 nitrogen and oxygen atoms in total. The summed E-state index contributed by atoms with van der Waals surface area (Å²) in [7, 11) is 1.64. The van der Waals surface area contributed by atoms with Gasteiger partial charge in [-0.25, -0.2) is 0 Å². The Morgan fingerprint density at radius 1 is 0.789 bits per heavy atom. The van der Waals surface area contributed by atoms with E-state index in [4.69, 9.17) is 21.7 Å². The number of nitrogens with zero attached hydrogens (tertiary/aromatic N) is 4. The van der Waals surface area contributed by atoms with Crippen molar-refractivity contribution >= 4 is 23.0 Å². The standard InChI is InChI=1S/C30H25N5O2S/c1-36-23-13-15-25(16-14-23)37-24-11-9-21(10-12-24)35-29(28(33-30(35)38)26-7-2-3-18-32-26)27-8-5-19-34(27)22-6-4-17-31-20-22/h2-20,28-29H,1H3,(H,33,38)/t28-,29+/m0/s1. The van der Waals surface area contributed by atoms with Crippen molar-refractivity contribution in [1.29, 1.82) is 0 Å². The van der Waals surface area contributed by atoms with Crippen LogP contribution >= 0.6 is 12.2 Å². The van der Waals surface area contributed by atoms with Crippen LogP contribution in [0.3, 0.4) is 0 Å². The number of benzene rings is 2. The topological polar surface area (TPSA) is 64.4 Å². The zero-order valence-electron chi connectivity index (χ0n) is 20.6. The van der Waals surface area contributed by atoms with Gasteiger partial charge in [-0.1, -0.05) is 6.07 Å². The van der Waals surface area contributed by atoms with E-state index in [1.54, 1.807) is 13.3 Å². The first-order valence-electron chi connectivity index (χ1n) is 12.2. The molecule has 0 unspecified atom stereocenters. The summed E-state index contributed by atoms with van der Waals surface area (Å²) in [6.07, 6.45) is 7.49. The number of ether oxygens (including phenoxy) is 2. The number of nitrogens with one attached hydrogen (secondary N) is 1. The normalized spacial score (nSPS) is 16.8. The summed E-state index contributed by atoms with van der Waals surface area (Å²) in [4.78, 5) is 11.1. The van der Waals surface area contributed by atoms with Gasteiger partial charge in [0.05, 0.1) is 30.7 Å². The lowest BCUT2D eigenvalue weighted by molar-refractivity contribution is 0.413. The maximum atomic E-state index is 6.05. The first-order chi connectivity index (χ1) is 18.7. The molecule has 4 heterocycles. The molecule has 1 fully saturated rings. The molecule has 0 aliphatic carbocycles. The van der Waals surface area contributed by atoms with Crippen LogP contribution in [-0.4, -0.2) is 26.8 Å². The SMILES string of the molecule is COc1ccc(Oc2ccc(N3C(=S)N[C@@H](c4ccccn4)[C@H]3c3cccn3-c3cccnc3)cc2)cc1. The van der Waals surface area contributed by atoms with Crippen LogP contribution in [0.1, 0.15) is 23.5 Å². The van der Waals surface area contributed by atoms with Gasteiger partial charge in [0.1, 0.15) is 23.3 Å². The Bertz CT molecular complexity index is 1520. The van der Waals surface area contributed by atoms with Crippen molar-refractivity contribution in [1.82, 2.24) is 19.9 Å². The van der Waals surface area contributed by atoms with E-state index in [1.165, 1.54) is 0 Å². The Morgan fingerprint density at radius 3 is 2.24 bits per heavy atom. The second-order valence-corrected chi connectivity index (χ2v) is 9.17. The van der Waals surface area contributed by atoms with Crippen LogP contribution in [0.5, 0.6) is 17.2 Å². The largest absolute Gasteiger partial charge is 0.497 e. The van der Waals surface area contributed by atoms with Crippen LogP contribution in [0.2, 0.25) is 0 Å². The molecule has 0 radical (unpaired) electrons. The van der Waals surface area contributed by atoms with Crippen LogP contribution < -0.4 is 19.7 Å². The lowest BCUT2D eigenvalue weighted by Crippen LogP contribution is -2.30. The molecule has 3 aromatic heterocycles. The summed E-state index contributed by atoms with van der Waals surface area (Å²) in [5, 5.41) is 4.16. The number of rotatable bonds is 7. The number of aromatic nitrogens is 3. The van der Waals surface area contributed by atoms with Gasteiger partial charge in [-0.15, -0.1) is 0 Å². The Balaban J connectivity index is 1.36. The number of pyridine rings is 2. The van der Waals surface area contributed by atoms with E-state index in [-0.39, 0.29) is 12.1 Å². The quantitative estimate of drug-likeness (QED) is 0.255. The molecular formula is C30H25N5O2S. The van der Waals surface area contributed by atoms with E-state index in [0.717, 1.165) is 40.0 Å². The summed E-state index contributed by atoms with van der Waals surface area (Å²) in [5.74, 6) is 2.25. The van der Waals surface area contributed by atoms with Crippen molar-refractivity contribution in [3.63, 3.8) is 0 Å². The van der Waals surface area contributed by atoms with Crippen molar-refractivity contribution in [2.45, 2.75) is 12.1 Å². The molecule has 38 heavy (non-hydrogen) atoms. The van der Waals surface area contributed by atoms with E-state index < -0.39 is 0 Å². The van der Waals surface area contributed by atoms with Gasteiger partial charge in [-0.05, 0) is 97.1 Å². The first-order valence-corrected chi connectivity index (χ1v) is 12.6. The second-order valence-electron chi connectivity index (χ2n) is 8.78. The first kappa shape index (κ1) is 23.7. The number of methoxy groups -OCH3 is 1. The monoisotopic (exact) mass is 519 g/mol. The molecule has 0 amide bonds. The molecule has 5 aromatic rings. The van der Waals surface area contributed by atoms with Crippen molar-refractivity contribution in [3.8, 4) is 22.9 Å². The Kier molecular flexibility index (Phi) is 6.46. The highest BCUT2D eigenvalue weighted by Crippen LogP contribution is 2.42. The third-order valence-corrected chi connectivity index (χ3v) is 6.83. The fourth-order valence-electron chi connectivity index (χ4n) is 4.75. The number of anilines is 1. The van der Waals surface area contributed by atoms with Crippen molar-refractivity contribution in [2.75, 3.05) is 12.0 Å². The Morgan fingerprint density at radius 2 is 1.55 bits per heavy atom.